The Hall–Kier alpha value is -1.40. The van der Waals surface area contributed by atoms with E-state index in [9.17, 15) is 13.2 Å². The van der Waals surface area contributed by atoms with Gasteiger partial charge < -0.3 is 10.6 Å². The number of carbonyl (C=O) groups is 1. The Bertz CT molecular complexity index is 566. The number of benzene rings is 1. The highest BCUT2D eigenvalue weighted by molar-refractivity contribution is 7.90. The van der Waals surface area contributed by atoms with Gasteiger partial charge in [0.2, 0.25) is 0 Å². The highest BCUT2D eigenvalue weighted by Gasteiger charge is 2.22. The molecule has 0 bridgehead atoms. The topological polar surface area (TPSA) is 80.5 Å². The highest BCUT2D eigenvalue weighted by atomic mass is 32.2. The van der Waals surface area contributed by atoms with Crippen LogP contribution in [0.15, 0.2) is 29.2 Å². The summed E-state index contributed by atoms with van der Waals surface area (Å²) in [6, 6.07) is 6.07. The van der Waals surface area contributed by atoms with Crippen molar-refractivity contribution in [2.75, 3.05) is 19.3 Å². The number of hydrogen-bond acceptors (Lipinski definition) is 4. The van der Waals surface area contributed by atoms with E-state index in [2.05, 4.69) is 0 Å². The van der Waals surface area contributed by atoms with Crippen LogP contribution in [0.5, 0.6) is 0 Å². The van der Waals surface area contributed by atoms with E-state index in [0.29, 0.717) is 18.7 Å². The summed E-state index contributed by atoms with van der Waals surface area (Å²) in [4.78, 5) is 14.2. The van der Waals surface area contributed by atoms with Gasteiger partial charge >= 0.3 is 0 Å². The van der Waals surface area contributed by atoms with Crippen LogP contribution in [0.4, 0.5) is 0 Å². The zero-order valence-electron chi connectivity index (χ0n) is 10.9. The lowest BCUT2D eigenvalue weighted by Gasteiger charge is -2.30. The van der Waals surface area contributed by atoms with Gasteiger partial charge in [0, 0.05) is 31.0 Å². The molecule has 5 nitrogen and oxygen atoms in total. The molecule has 2 N–H and O–H groups in total. The summed E-state index contributed by atoms with van der Waals surface area (Å²) >= 11 is 0. The summed E-state index contributed by atoms with van der Waals surface area (Å²) in [6.45, 7) is 1.27. The average Bonchev–Trinajstić information content (AvgIpc) is 2.37. The van der Waals surface area contributed by atoms with Crippen LogP contribution in [0, 0.1) is 0 Å². The number of nitrogens with two attached hydrogens (primary N) is 1. The lowest BCUT2D eigenvalue weighted by molar-refractivity contribution is 0.0708. The lowest BCUT2D eigenvalue weighted by Crippen LogP contribution is -2.45. The van der Waals surface area contributed by atoms with Gasteiger partial charge in [-0.05, 0) is 37.1 Å². The Morgan fingerprint density at radius 2 is 1.95 bits per heavy atom. The Morgan fingerprint density at radius 3 is 2.47 bits per heavy atom. The first-order valence-electron chi connectivity index (χ1n) is 6.23. The number of hydrogen-bond donors (Lipinski definition) is 1. The summed E-state index contributed by atoms with van der Waals surface area (Å²) in [5.74, 6) is -0.0878. The van der Waals surface area contributed by atoms with Crippen LogP contribution in [0.2, 0.25) is 0 Å². The van der Waals surface area contributed by atoms with Crippen molar-refractivity contribution in [3.63, 3.8) is 0 Å². The van der Waals surface area contributed by atoms with Crippen molar-refractivity contribution < 1.29 is 13.2 Å². The van der Waals surface area contributed by atoms with Crippen LogP contribution < -0.4 is 5.73 Å². The van der Waals surface area contributed by atoms with Gasteiger partial charge in [-0.25, -0.2) is 8.42 Å². The lowest BCUT2D eigenvalue weighted by atomic mass is 10.1. The van der Waals surface area contributed by atoms with E-state index in [0.717, 1.165) is 19.1 Å². The highest BCUT2D eigenvalue weighted by Crippen LogP contribution is 2.15. The van der Waals surface area contributed by atoms with Crippen LogP contribution in [0.3, 0.4) is 0 Å². The molecule has 0 saturated carbocycles. The maximum atomic E-state index is 12.2. The molecule has 1 aromatic carbocycles. The minimum atomic E-state index is -3.22. The fraction of sp³-hybridized carbons (Fsp3) is 0.462. The molecule has 1 saturated heterocycles. The van der Waals surface area contributed by atoms with Crippen LogP contribution in [0.25, 0.3) is 0 Å². The number of amides is 1. The summed E-state index contributed by atoms with van der Waals surface area (Å²) in [7, 11) is -3.22. The minimum absolute atomic E-state index is 0.0352. The van der Waals surface area contributed by atoms with E-state index in [1.54, 1.807) is 17.0 Å². The summed E-state index contributed by atoms with van der Waals surface area (Å²) in [6.07, 6.45) is 3.00. The zero-order valence-corrected chi connectivity index (χ0v) is 11.7. The Kier molecular flexibility index (Phi) is 3.91. The molecule has 6 heteroatoms. The van der Waals surface area contributed by atoms with Crippen LogP contribution >= 0.6 is 0 Å². The second-order valence-corrected chi connectivity index (χ2v) is 6.97. The number of rotatable bonds is 2. The first-order valence-corrected chi connectivity index (χ1v) is 8.12. The van der Waals surface area contributed by atoms with Crippen molar-refractivity contribution >= 4 is 15.7 Å². The largest absolute Gasteiger partial charge is 0.337 e. The van der Waals surface area contributed by atoms with Gasteiger partial charge in [-0.3, -0.25) is 4.79 Å². The van der Waals surface area contributed by atoms with Gasteiger partial charge in [-0.1, -0.05) is 0 Å². The molecule has 1 aromatic rings. The van der Waals surface area contributed by atoms with Gasteiger partial charge in [0.25, 0.3) is 5.91 Å². The van der Waals surface area contributed by atoms with Crippen molar-refractivity contribution in [1.29, 1.82) is 0 Å². The molecular weight excluding hydrogens is 264 g/mol. The predicted molar refractivity (Wildman–Crippen MR) is 72.7 cm³/mol. The van der Waals surface area contributed by atoms with E-state index in [4.69, 9.17) is 5.73 Å². The average molecular weight is 282 g/mol. The van der Waals surface area contributed by atoms with Crippen LogP contribution in [0.1, 0.15) is 23.2 Å². The van der Waals surface area contributed by atoms with Gasteiger partial charge in [-0.2, -0.15) is 0 Å². The van der Waals surface area contributed by atoms with Gasteiger partial charge in [-0.15, -0.1) is 0 Å². The number of sulfone groups is 1. The molecule has 1 unspecified atom stereocenters. The molecule has 1 heterocycles. The Labute approximate surface area is 113 Å². The quantitative estimate of drug-likeness (QED) is 0.864. The van der Waals surface area contributed by atoms with E-state index in [1.165, 1.54) is 12.1 Å². The summed E-state index contributed by atoms with van der Waals surface area (Å²) in [5, 5.41) is 0. The third-order valence-corrected chi connectivity index (χ3v) is 4.40. The van der Waals surface area contributed by atoms with Crippen molar-refractivity contribution in [1.82, 2.24) is 4.90 Å². The Balaban J connectivity index is 2.16. The molecule has 0 spiro atoms. The first kappa shape index (κ1) is 14.0. The van der Waals surface area contributed by atoms with Crippen molar-refractivity contribution in [3.05, 3.63) is 29.8 Å². The molecule has 0 aliphatic carbocycles. The van der Waals surface area contributed by atoms with Crippen molar-refractivity contribution in [2.24, 2.45) is 5.73 Å². The molecular formula is C13H18N2O3S. The standard InChI is InChI=1S/C13H18N2O3S/c1-19(17,18)12-6-4-10(5-7-12)13(16)15-8-2-3-11(14)9-15/h4-7,11H,2-3,8-9,14H2,1H3. The first-order chi connectivity index (χ1) is 8.88. The summed E-state index contributed by atoms with van der Waals surface area (Å²) < 4.78 is 22.7. The van der Waals surface area contributed by atoms with E-state index >= 15 is 0 Å². The molecule has 1 atom stereocenters. The normalized spacial score (nSPS) is 20.3. The van der Waals surface area contributed by atoms with E-state index < -0.39 is 9.84 Å². The number of likely N-dealkylation sites (tertiary alicyclic amines) is 1. The van der Waals surface area contributed by atoms with E-state index in [1.807, 2.05) is 0 Å². The fourth-order valence-electron chi connectivity index (χ4n) is 2.22. The SMILES string of the molecule is CS(=O)(=O)c1ccc(C(=O)N2CCCC(N)C2)cc1. The third kappa shape index (κ3) is 3.33. The maximum Gasteiger partial charge on any atom is 0.253 e. The second kappa shape index (κ2) is 5.30. The predicted octanol–water partition coefficient (Wildman–Crippen LogP) is 0.653. The van der Waals surface area contributed by atoms with Gasteiger partial charge in [0.1, 0.15) is 0 Å². The molecule has 1 aliphatic heterocycles. The molecule has 0 radical (unpaired) electrons. The number of nitrogens with zero attached hydrogens (tertiary/aromatic N) is 1. The monoisotopic (exact) mass is 282 g/mol. The van der Waals surface area contributed by atoms with Gasteiger partial charge in [0.05, 0.1) is 4.90 Å². The molecule has 1 aliphatic rings. The van der Waals surface area contributed by atoms with Crippen molar-refractivity contribution in [2.45, 2.75) is 23.8 Å². The zero-order chi connectivity index (χ0) is 14.0. The van der Waals surface area contributed by atoms with E-state index in [-0.39, 0.29) is 16.8 Å². The molecule has 104 valence electrons. The summed E-state index contributed by atoms with van der Waals surface area (Å²) in [5.41, 5.74) is 6.35. The molecule has 1 fully saturated rings. The molecule has 0 aromatic heterocycles. The molecule has 2 rings (SSSR count). The smallest absolute Gasteiger partial charge is 0.253 e. The van der Waals surface area contributed by atoms with Crippen LogP contribution in [-0.4, -0.2) is 44.6 Å². The molecule has 19 heavy (non-hydrogen) atoms. The second-order valence-electron chi connectivity index (χ2n) is 4.95. The Morgan fingerprint density at radius 1 is 1.32 bits per heavy atom. The maximum absolute atomic E-state index is 12.2. The number of piperidine rings is 1. The van der Waals surface area contributed by atoms with Gasteiger partial charge in [0.15, 0.2) is 9.84 Å². The molecule has 1 amide bonds. The van der Waals surface area contributed by atoms with Crippen LogP contribution in [-0.2, 0) is 9.84 Å². The van der Waals surface area contributed by atoms with Crippen molar-refractivity contribution in [3.8, 4) is 0 Å². The third-order valence-electron chi connectivity index (χ3n) is 3.27. The minimum Gasteiger partial charge on any atom is -0.337 e. The fourth-order valence-corrected chi connectivity index (χ4v) is 2.85. The number of carbonyl (C=O) groups excluding carboxylic acids is 1.